The van der Waals surface area contributed by atoms with Gasteiger partial charge >= 0.3 is 5.97 Å². The van der Waals surface area contributed by atoms with E-state index in [0.29, 0.717) is 26.1 Å². The third kappa shape index (κ3) is 7.74. The summed E-state index contributed by atoms with van der Waals surface area (Å²) >= 11 is 0. The SMILES string of the molecule is CC1O[C@H](O[C@@H](C)CCC(=O)O)C(OCc2ccccc2)C[C@@H]1OCc1ccccc1. The monoisotopic (exact) mass is 428 g/mol. The van der Waals surface area contributed by atoms with Crippen LogP contribution in [0.3, 0.4) is 0 Å². The lowest BCUT2D eigenvalue weighted by atomic mass is 10.0. The summed E-state index contributed by atoms with van der Waals surface area (Å²) in [5.41, 5.74) is 2.18. The first-order valence-electron chi connectivity index (χ1n) is 10.8. The maximum absolute atomic E-state index is 10.9. The molecule has 2 aromatic rings. The van der Waals surface area contributed by atoms with Crippen LogP contribution in [0.15, 0.2) is 60.7 Å². The van der Waals surface area contributed by atoms with Gasteiger partial charge in [-0.05, 0) is 31.4 Å². The van der Waals surface area contributed by atoms with Gasteiger partial charge in [-0.2, -0.15) is 0 Å². The van der Waals surface area contributed by atoms with Gasteiger partial charge in [0.15, 0.2) is 6.29 Å². The van der Waals surface area contributed by atoms with Crippen molar-refractivity contribution in [1.29, 1.82) is 0 Å². The number of carboxylic acid groups (broad SMARTS) is 1. The molecule has 6 nitrogen and oxygen atoms in total. The van der Waals surface area contributed by atoms with Crippen molar-refractivity contribution in [1.82, 2.24) is 0 Å². The first-order valence-corrected chi connectivity index (χ1v) is 10.8. The second kappa shape index (κ2) is 12.0. The molecule has 1 saturated heterocycles. The summed E-state index contributed by atoms with van der Waals surface area (Å²) in [6, 6.07) is 20.0. The molecular formula is C25H32O6. The molecule has 0 aliphatic carbocycles. The van der Waals surface area contributed by atoms with Gasteiger partial charge in [0.05, 0.1) is 31.5 Å². The van der Waals surface area contributed by atoms with E-state index >= 15 is 0 Å². The molecule has 1 heterocycles. The van der Waals surface area contributed by atoms with Crippen LogP contribution in [0.2, 0.25) is 0 Å². The van der Waals surface area contributed by atoms with Crippen LogP contribution in [0.4, 0.5) is 0 Å². The van der Waals surface area contributed by atoms with Gasteiger partial charge in [-0.1, -0.05) is 60.7 Å². The van der Waals surface area contributed by atoms with Crippen LogP contribution in [-0.4, -0.2) is 41.8 Å². The zero-order valence-corrected chi connectivity index (χ0v) is 18.2. The maximum Gasteiger partial charge on any atom is 0.303 e. The van der Waals surface area contributed by atoms with Crippen molar-refractivity contribution in [3.05, 3.63) is 71.8 Å². The predicted molar refractivity (Wildman–Crippen MR) is 116 cm³/mol. The highest BCUT2D eigenvalue weighted by molar-refractivity contribution is 5.66. The van der Waals surface area contributed by atoms with Crippen LogP contribution in [0, 0.1) is 0 Å². The van der Waals surface area contributed by atoms with Crippen LogP contribution in [0.25, 0.3) is 0 Å². The highest BCUT2D eigenvalue weighted by Gasteiger charge is 2.38. The Kier molecular flexibility index (Phi) is 9.03. The fourth-order valence-corrected chi connectivity index (χ4v) is 3.57. The molecular weight excluding hydrogens is 396 g/mol. The molecule has 31 heavy (non-hydrogen) atoms. The summed E-state index contributed by atoms with van der Waals surface area (Å²) < 4.78 is 24.6. The van der Waals surface area contributed by atoms with Crippen LogP contribution >= 0.6 is 0 Å². The Balaban J connectivity index is 1.61. The Morgan fingerprint density at radius 1 is 1.00 bits per heavy atom. The van der Waals surface area contributed by atoms with E-state index in [-0.39, 0.29) is 30.8 Å². The summed E-state index contributed by atoms with van der Waals surface area (Å²) in [5, 5.41) is 8.93. The van der Waals surface area contributed by atoms with E-state index in [9.17, 15) is 4.79 Å². The average Bonchev–Trinajstić information content (AvgIpc) is 2.78. The molecule has 1 N–H and O–H groups in total. The Morgan fingerprint density at radius 3 is 2.10 bits per heavy atom. The topological polar surface area (TPSA) is 74.2 Å². The summed E-state index contributed by atoms with van der Waals surface area (Å²) in [5.74, 6) is -0.834. The zero-order chi connectivity index (χ0) is 22.1. The van der Waals surface area contributed by atoms with E-state index < -0.39 is 12.3 Å². The fraction of sp³-hybridized carbons (Fsp3) is 0.480. The highest BCUT2D eigenvalue weighted by atomic mass is 16.7. The number of benzene rings is 2. The molecule has 0 aromatic heterocycles. The number of aliphatic carboxylic acids is 1. The molecule has 0 amide bonds. The van der Waals surface area contributed by atoms with Crippen molar-refractivity contribution < 1.29 is 28.8 Å². The number of ether oxygens (including phenoxy) is 4. The minimum absolute atomic E-state index is 0.0573. The van der Waals surface area contributed by atoms with Gasteiger partial charge < -0.3 is 24.1 Å². The molecule has 2 unspecified atom stereocenters. The number of hydrogen-bond acceptors (Lipinski definition) is 5. The van der Waals surface area contributed by atoms with Gasteiger partial charge in [0.1, 0.15) is 6.10 Å². The second-order valence-corrected chi connectivity index (χ2v) is 7.99. The third-order valence-electron chi connectivity index (χ3n) is 5.39. The molecule has 0 spiro atoms. The third-order valence-corrected chi connectivity index (χ3v) is 5.39. The number of hydrogen-bond donors (Lipinski definition) is 1. The van der Waals surface area contributed by atoms with Gasteiger partial charge in [0.25, 0.3) is 0 Å². The zero-order valence-electron chi connectivity index (χ0n) is 18.2. The lowest BCUT2D eigenvalue weighted by Crippen LogP contribution is -2.50. The minimum Gasteiger partial charge on any atom is -0.481 e. The Morgan fingerprint density at radius 2 is 1.55 bits per heavy atom. The van der Waals surface area contributed by atoms with Crippen molar-refractivity contribution in [2.24, 2.45) is 0 Å². The fourth-order valence-electron chi connectivity index (χ4n) is 3.57. The van der Waals surface area contributed by atoms with E-state index in [1.165, 1.54) is 0 Å². The van der Waals surface area contributed by atoms with Gasteiger partial charge in [0.2, 0.25) is 0 Å². The van der Waals surface area contributed by atoms with Crippen molar-refractivity contribution in [2.75, 3.05) is 0 Å². The van der Waals surface area contributed by atoms with E-state index in [1.54, 1.807) is 0 Å². The summed E-state index contributed by atoms with van der Waals surface area (Å²) in [4.78, 5) is 10.9. The quantitative estimate of drug-likeness (QED) is 0.565. The number of rotatable bonds is 11. The van der Waals surface area contributed by atoms with Crippen LogP contribution in [-0.2, 0) is 37.0 Å². The van der Waals surface area contributed by atoms with Crippen molar-refractivity contribution in [3.63, 3.8) is 0 Å². The first kappa shape index (κ1) is 23.4. The van der Waals surface area contributed by atoms with E-state index in [4.69, 9.17) is 24.1 Å². The molecule has 0 bridgehead atoms. The number of carbonyl (C=O) groups is 1. The summed E-state index contributed by atoms with van der Waals surface area (Å²) in [6.45, 7) is 4.79. The van der Waals surface area contributed by atoms with Crippen LogP contribution < -0.4 is 0 Å². The number of carboxylic acids is 1. The van der Waals surface area contributed by atoms with Crippen LogP contribution in [0.1, 0.15) is 44.2 Å². The maximum atomic E-state index is 10.9. The predicted octanol–water partition coefficient (Wildman–Crippen LogP) is 4.56. The molecule has 1 aliphatic heterocycles. The summed E-state index contributed by atoms with van der Waals surface area (Å²) in [7, 11) is 0. The summed E-state index contributed by atoms with van der Waals surface area (Å²) in [6.07, 6.45) is -0.324. The lowest BCUT2D eigenvalue weighted by molar-refractivity contribution is -0.290. The standard InChI is InChI=1S/C25H32O6/c1-18(13-14-24(26)27)30-25-23(29-17-21-11-7-4-8-12-21)15-22(19(2)31-25)28-16-20-9-5-3-6-10-20/h3-12,18-19,22-23,25H,13-17H2,1-2H3,(H,26,27)/t18-,19?,22-,23?,25-/m0/s1. The Hall–Kier alpha value is -2.25. The van der Waals surface area contributed by atoms with E-state index in [2.05, 4.69) is 0 Å². The lowest BCUT2D eigenvalue weighted by Gasteiger charge is -2.40. The van der Waals surface area contributed by atoms with Gasteiger partial charge in [0, 0.05) is 12.8 Å². The van der Waals surface area contributed by atoms with Gasteiger partial charge in [-0.15, -0.1) is 0 Å². The normalized spacial score (nSPS) is 24.6. The molecule has 0 radical (unpaired) electrons. The molecule has 2 aromatic carbocycles. The van der Waals surface area contributed by atoms with Gasteiger partial charge in [-0.3, -0.25) is 4.79 Å². The molecule has 6 heteroatoms. The average molecular weight is 429 g/mol. The Bertz CT molecular complexity index is 781. The Labute approximate surface area is 184 Å². The van der Waals surface area contributed by atoms with Crippen molar-refractivity contribution >= 4 is 5.97 Å². The highest BCUT2D eigenvalue weighted by Crippen LogP contribution is 2.28. The molecule has 168 valence electrons. The largest absolute Gasteiger partial charge is 0.481 e. The minimum atomic E-state index is -0.834. The molecule has 0 saturated carbocycles. The molecule has 5 atom stereocenters. The smallest absolute Gasteiger partial charge is 0.303 e. The van der Waals surface area contributed by atoms with Crippen molar-refractivity contribution in [3.8, 4) is 0 Å². The first-order chi connectivity index (χ1) is 15.0. The van der Waals surface area contributed by atoms with E-state index in [1.807, 2.05) is 74.5 Å². The van der Waals surface area contributed by atoms with E-state index in [0.717, 1.165) is 11.1 Å². The molecule has 1 aliphatic rings. The molecule has 3 rings (SSSR count). The second-order valence-electron chi connectivity index (χ2n) is 7.99. The van der Waals surface area contributed by atoms with Crippen LogP contribution in [0.5, 0.6) is 0 Å². The molecule has 1 fully saturated rings. The van der Waals surface area contributed by atoms with Crippen molar-refractivity contribution in [2.45, 2.75) is 77.0 Å². The van der Waals surface area contributed by atoms with Gasteiger partial charge in [-0.25, -0.2) is 0 Å².